The van der Waals surface area contributed by atoms with Crippen LogP contribution in [-0.4, -0.2) is 17.4 Å². The number of fused-ring (bicyclic) bond motifs is 1. The predicted octanol–water partition coefficient (Wildman–Crippen LogP) is 2.22. The van der Waals surface area contributed by atoms with Crippen molar-refractivity contribution in [1.29, 1.82) is 0 Å². The summed E-state index contributed by atoms with van der Waals surface area (Å²) in [5.41, 5.74) is 8.54. The minimum atomic E-state index is -0.553. The molecular weight excluding hydrogens is 234 g/mol. The van der Waals surface area contributed by atoms with Crippen LogP contribution in [0.25, 0.3) is 10.2 Å². The molecule has 0 saturated heterocycles. The Hall–Kier alpha value is -1.46. The fraction of sp³-hybridized carbons (Fsp3) is 0.333. The molecule has 5 heteroatoms. The minimum Gasteiger partial charge on any atom is -0.329 e. The number of thiazole rings is 1. The van der Waals surface area contributed by atoms with Gasteiger partial charge >= 0.3 is 0 Å². The lowest BCUT2D eigenvalue weighted by Crippen LogP contribution is -2.37. The van der Waals surface area contributed by atoms with Crippen LogP contribution in [0.4, 0.5) is 5.69 Å². The summed E-state index contributed by atoms with van der Waals surface area (Å²) in [4.78, 5) is 16.1. The average Bonchev–Trinajstić information content (AvgIpc) is 2.76. The van der Waals surface area contributed by atoms with E-state index in [1.807, 2.05) is 32.0 Å². The third kappa shape index (κ3) is 2.45. The highest BCUT2D eigenvalue weighted by molar-refractivity contribution is 7.16. The summed E-state index contributed by atoms with van der Waals surface area (Å²) in [5, 5.41) is 2.88. The van der Waals surface area contributed by atoms with Gasteiger partial charge in [-0.2, -0.15) is 0 Å². The van der Waals surface area contributed by atoms with Crippen LogP contribution in [0.5, 0.6) is 0 Å². The van der Waals surface area contributed by atoms with Gasteiger partial charge in [0.2, 0.25) is 5.91 Å². The summed E-state index contributed by atoms with van der Waals surface area (Å²) in [6, 6.07) is 5.68. The fourth-order valence-corrected chi connectivity index (χ4v) is 2.04. The highest BCUT2D eigenvalue weighted by atomic mass is 32.1. The summed E-state index contributed by atoms with van der Waals surface area (Å²) in [5.74, 6) is -0.0659. The van der Waals surface area contributed by atoms with E-state index >= 15 is 0 Å². The van der Waals surface area contributed by atoms with E-state index in [1.54, 1.807) is 16.8 Å². The number of nitrogens with zero attached hydrogens (tertiary/aromatic N) is 1. The number of hydrogen-bond donors (Lipinski definition) is 2. The van der Waals surface area contributed by atoms with E-state index < -0.39 is 5.41 Å². The lowest BCUT2D eigenvalue weighted by Gasteiger charge is -2.21. The number of nitrogens with two attached hydrogens (primary N) is 1. The maximum Gasteiger partial charge on any atom is 0.231 e. The molecule has 2 aromatic rings. The van der Waals surface area contributed by atoms with Crippen molar-refractivity contribution in [2.45, 2.75) is 13.8 Å². The topological polar surface area (TPSA) is 68.0 Å². The number of amides is 1. The predicted molar refractivity (Wildman–Crippen MR) is 71.1 cm³/mol. The molecule has 4 nitrogen and oxygen atoms in total. The van der Waals surface area contributed by atoms with Crippen molar-refractivity contribution in [3.63, 3.8) is 0 Å². The largest absolute Gasteiger partial charge is 0.329 e. The van der Waals surface area contributed by atoms with Gasteiger partial charge in [0.25, 0.3) is 0 Å². The minimum absolute atomic E-state index is 0.0659. The molecular formula is C12H15N3OS. The van der Waals surface area contributed by atoms with E-state index in [0.29, 0.717) is 6.54 Å². The molecule has 0 aliphatic heterocycles. The number of carbonyl (C=O) groups is 1. The van der Waals surface area contributed by atoms with Crippen LogP contribution in [0.15, 0.2) is 23.7 Å². The van der Waals surface area contributed by atoms with Crippen LogP contribution >= 0.6 is 11.3 Å². The van der Waals surface area contributed by atoms with Crippen LogP contribution in [0.2, 0.25) is 0 Å². The van der Waals surface area contributed by atoms with E-state index in [4.69, 9.17) is 5.73 Å². The smallest absolute Gasteiger partial charge is 0.231 e. The number of carbonyl (C=O) groups excluding carboxylic acids is 1. The Balaban J connectivity index is 2.21. The lowest BCUT2D eigenvalue weighted by atomic mass is 9.92. The van der Waals surface area contributed by atoms with Crippen LogP contribution in [0.3, 0.4) is 0 Å². The van der Waals surface area contributed by atoms with Crippen LogP contribution in [0.1, 0.15) is 13.8 Å². The quantitative estimate of drug-likeness (QED) is 0.876. The molecule has 0 aliphatic carbocycles. The SMILES string of the molecule is CC(C)(CN)C(=O)Nc1ccc2ncsc2c1. The fourth-order valence-electron chi connectivity index (χ4n) is 1.33. The van der Waals surface area contributed by atoms with Gasteiger partial charge in [0.05, 0.1) is 21.1 Å². The molecule has 3 N–H and O–H groups in total. The molecule has 0 radical (unpaired) electrons. The Morgan fingerprint density at radius 1 is 1.53 bits per heavy atom. The second kappa shape index (κ2) is 4.43. The maximum absolute atomic E-state index is 11.9. The zero-order chi connectivity index (χ0) is 12.5. The zero-order valence-electron chi connectivity index (χ0n) is 9.86. The highest BCUT2D eigenvalue weighted by Crippen LogP contribution is 2.23. The number of nitrogens with one attached hydrogen (secondary N) is 1. The molecule has 90 valence electrons. The Morgan fingerprint density at radius 2 is 2.29 bits per heavy atom. The van der Waals surface area contributed by atoms with E-state index in [1.165, 1.54) is 0 Å². The van der Waals surface area contributed by atoms with Crippen molar-refractivity contribution in [3.05, 3.63) is 23.7 Å². The van der Waals surface area contributed by atoms with Gasteiger partial charge in [-0.3, -0.25) is 4.79 Å². The Bertz CT molecular complexity index is 547. The number of aromatic nitrogens is 1. The summed E-state index contributed by atoms with van der Waals surface area (Å²) in [7, 11) is 0. The number of rotatable bonds is 3. The average molecular weight is 249 g/mol. The second-order valence-corrected chi connectivity index (χ2v) is 5.46. The van der Waals surface area contributed by atoms with Gasteiger partial charge in [0, 0.05) is 12.2 Å². The van der Waals surface area contributed by atoms with Crippen molar-refractivity contribution in [3.8, 4) is 0 Å². The Morgan fingerprint density at radius 3 is 3.00 bits per heavy atom. The molecule has 1 amide bonds. The van der Waals surface area contributed by atoms with Crippen molar-refractivity contribution >= 4 is 33.1 Å². The van der Waals surface area contributed by atoms with Crippen molar-refractivity contribution < 1.29 is 4.79 Å². The summed E-state index contributed by atoms with van der Waals surface area (Å²) < 4.78 is 1.06. The first-order chi connectivity index (χ1) is 8.03. The first kappa shape index (κ1) is 12.0. The number of anilines is 1. The lowest BCUT2D eigenvalue weighted by molar-refractivity contribution is -0.123. The molecule has 0 atom stereocenters. The molecule has 0 fully saturated rings. The third-order valence-corrected chi connectivity index (χ3v) is 3.51. The van der Waals surface area contributed by atoms with Crippen LogP contribution in [-0.2, 0) is 4.79 Å². The zero-order valence-corrected chi connectivity index (χ0v) is 10.7. The van der Waals surface area contributed by atoms with Gasteiger partial charge in [0.15, 0.2) is 0 Å². The molecule has 2 rings (SSSR count). The standard InChI is InChI=1S/C12H15N3OS/c1-12(2,6-13)11(16)15-8-3-4-9-10(5-8)17-7-14-9/h3-5,7H,6,13H2,1-2H3,(H,15,16). The summed E-state index contributed by atoms with van der Waals surface area (Å²) >= 11 is 1.55. The first-order valence-corrected chi connectivity index (χ1v) is 6.26. The van der Waals surface area contributed by atoms with E-state index in [9.17, 15) is 4.79 Å². The first-order valence-electron chi connectivity index (χ1n) is 5.38. The molecule has 0 bridgehead atoms. The summed E-state index contributed by atoms with van der Waals surface area (Å²) in [6.45, 7) is 3.97. The molecule has 0 unspecified atom stereocenters. The van der Waals surface area contributed by atoms with Crippen LogP contribution < -0.4 is 11.1 Å². The van der Waals surface area contributed by atoms with Crippen molar-refractivity contribution in [1.82, 2.24) is 4.98 Å². The molecule has 1 heterocycles. The third-order valence-electron chi connectivity index (χ3n) is 2.71. The normalized spacial score (nSPS) is 11.7. The molecule has 1 aromatic heterocycles. The molecule has 17 heavy (non-hydrogen) atoms. The maximum atomic E-state index is 11.9. The monoisotopic (exact) mass is 249 g/mol. The number of hydrogen-bond acceptors (Lipinski definition) is 4. The van der Waals surface area contributed by atoms with Gasteiger partial charge < -0.3 is 11.1 Å². The van der Waals surface area contributed by atoms with Gasteiger partial charge in [-0.25, -0.2) is 4.98 Å². The van der Waals surface area contributed by atoms with Gasteiger partial charge in [-0.15, -0.1) is 11.3 Å². The van der Waals surface area contributed by atoms with E-state index in [0.717, 1.165) is 15.9 Å². The van der Waals surface area contributed by atoms with E-state index in [2.05, 4.69) is 10.3 Å². The Kier molecular flexibility index (Phi) is 3.13. The molecule has 0 spiro atoms. The van der Waals surface area contributed by atoms with Crippen molar-refractivity contribution in [2.24, 2.45) is 11.1 Å². The molecule has 0 saturated carbocycles. The Labute approximate surface area is 104 Å². The molecule has 1 aromatic carbocycles. The van der Waals surface area contributed by atoms with Gasteiger partial charge in [-0.05, 0) is 32.0 Å². The number of benzene rings is 1. The highest BCUT2D eigenvalue weighted by Gasteiger charge is 2.25. The summed E-state index contributed by atoms with van der Waals surface area (Å²) in [6.07, 6.45) is 0. The van der Waals surface area contributed by atoms with Gasteiger partial charge in [-0.1, -0.05) is 0 Å². The molecule has 0 aliphatic rings. The van der Waals surface area contributed by atoms with Gasteiger partial charge in [0.1, 0.15) is 0 Å². The van der Waals surface area contributed by atoms with Crippen molar-refractivity contribution in [2.75, 3.05) is 11.9 Å². The second-order valence-electron chi connectivity index (χ2n) is 4.58. The van der Waals surface area contributed by atoms with E-state index in [-0.39, 0.29) is 5.91 Å². The van der Waals surface area contributed by atoms with Crippen LogP contribution in [0, 0.1) is 5.41 Å².